The molecular weight excluding hydrogens is 410 g/mol. The van der Waals surface area contributed by atoms with Gasteiger partial charge in [-0.05, 0) is 81.7 Å². The van der Waals surface area contributed by atoms with Gasteiger partial charge in [-0.15, -0.1) is 0 Å². The molecular formula is C28H35N3O2. The number of ether oxygens (including phenoxy) is 1. The Labute approximate surface area is 196 Å². The molecule has 2 N–H and O–H groups in total. The number of carbonyl (C=O) groups is 1. The van der Waals surface area contributed by atoms with Crippen LogP contribution in [0.25, 0.3) is 10.9 Å². The molecule has 33 heavy (non-hydrogen) atoms. The van der Waals surface area contributed by atoms with Crippen LogP contribution in [-0.4, -0.2) is 54.1 Å². The van der Waals surface area contributed by atoms with Crippen LogP contribution in [0, 0.1) is 5.92 Å². The third-order valence-electron chi connectivity index (χ3n) is 7.38. The number of H-pyrrole nitrogens is 1. The van der Waals surface area contributed by atoms with Crippen LogP contribution in [0.4, 0.5) is 0 Å². The Balaban J connectivity index is 1.28. The summed E-state index contributed by atoms with van der Waals surface area (Å²) in [5.41, 5.74) is 3.51. The van der Waals surface area contributed by atoms with E-state index in [1.54, 1.807) is 0 Å². The zero-order chi connectivity index (χ0) is 22.8. The van der Waals surface area contributed by atoms with Crippen molar-refractivity contribution in [2.45, 2.75) is 51.3 Å². The Kier molecular flexibility index (Phi) is 6.63. The quantitative estimate of drug-likeness (QED) is 0.362. The smallest absolute Gasteiger partial charge is 0.193 e. The molecule has 2 atom stereocenters. The van der Waals surface area contributed by atoms with Gasteiger partial charge >= 0.3 is 0 Å². The molecule has 3 aromatic rings. The van der Waals surface area contributed by atoms with Crippen molar-refractivity contribution in [2.75, 3.05) is 26.2 Å². The fraction of sp³-hybridized carbons (Fsp3) is 0.464. The first-order valence-electron chi connectivity index (χ1n) is 12.4. The number of rotatable bonds is 9. The average Bonchev–Trinajstić information content (AvgIpc) is 3.57. The Hall–Kier alpha value is -2.47. The molecule has 0 aliphatic carbocycles. The van der Waals surface area contributed by atoms with E-state index >= 15 is 0 Å². The van der Waals surface area contributed by atoms with Crippen molar-refractivity contribution in [2.24, 2.45) is 5.92 Å². The van der Waals surface area contributed by atoms with E-state index in [4.69, 9.17) is 4.74 Å². The highest BCUT2D eigenvalue weighted by atomic mass is 16.6. The first-order valence-corrected chi connectivity index (χ1v) is 12.4. The highest BCUT2D eigenvalue weighted by molar-refractivity contribution is 6.11. The van der Waals surface area contributed by atoms with E-state index in [1.807, 2.05) is 48.7 Å². The molecule has 0 saturated carbocycles. The normalized spacial score (nSPS) is 20.4. The topological polar surface area (TPSA) is 60.7 Å². The summed E-state index contributed by atoms with van der Waals surface area (Å²) in [5.74, 6) is 0.841. The summed E-state index contributed by atoms with van der Waals surface area (Å²) < 4.78 is 5.71. The lowest BCUT2D eigenvalue weighted by molar-refractivity contribution is 0.103. The van der Waals surface area contributed by atoms with E-state index in [0.29, 0.717) is 11.6 Å². The Morgan fingerprint density at radius 2 is 1.94 bits per heavy atom. The van der Waals surface area contributed by atoms with Crippen LogP contribution in [0.1, 0.15) is 60.6 Å². The van der Waals surface area contributed by atoms with Gasteiger partial charge < -0.3 is 19.9 Å². The minimum absolute atomic E-state index is 0.0510. The lowest BCUT2D eigenvalue weighted by atomic mass is 9.91. The predicted octanol–water partition coefficient (Wildman–Crippen LogP) is 4.94. The standard InChI is InChI=1S/C28H35N3O2/c1-19(2)31-15-11-20(12-16-31)9-13-30-27(26-18-33-26)23-5-3-4-6-24(23)28(32)22-8-7-21-10-14-29-25(21)17-22/h3-8,10,14,17,19-20,26-27,29-30H,9,11-13,15-16,18H2,1-2H3. The third-order valence-corrected chi connectivity index (χ3v) is 7.38. The van der Waals surface area contributed by atoms with Gasteiger partial charge in [-0.25, -0.2) is 0 Å². The minimum atomic E-state index is 0.0510. The monoisotopic (exact) mass is 445 g/mol. The lowest BCUT2D eigenvalue weighted by Crippen LogP contribution is -2.39. The van der Waals surface area contributed by atoms with Gasteiger partial charge in [0.2, 0.25) is 0 Å². The largest absolute Gasteiger partial charge is 0.371 e. The number of nitrogens with zero attached hydrogens (tertiary/aromatic N) is 1. The molecule has 2 aromatic carbocycles. The highest BCUT2D eigenvalue weighted by Gasteiger charge is 2.35. The average molecular weight is 446 g/mol. The molecule has 2 aliphatic rings. The van der Waals surface area contributed by atoms with Gasteiger partial charge in [0.15, 0.2) is 5.78 Å². The minimum Gasteiger partial charge on any atom is -0.371 e. The second kappa shape index (κ2) is 9.80. The first-order chi connectivity index (χ1) is 16.1. The summed E-state index contributed by atoms with van der Waals surface area (Å²) in [7, 11) is 0. The van der Waals surface area contributed by atoms with Crippen LogP contribution in [0.3, 0.4) is 0 Å². The molecule has 0 radical (unpaired) electrons. The summed E-state index contributed by atoms with van der Waals surface area (Å²) in [5, 5.41) is 4.87. The number of hydrogen-bond acceptors (Lipinski definition) is 4. The SMILES string of the molecule is CC(C)N1CCC(CCNC(c2ccccc2C(=O)c2ccc3cc[nH]c3c2)C2CO2)CC1. The lowest BCUT2D eigenvalue weighted by Gasteiger charge is -2.34. The number of likely N-dealkylation sites (tertiary alicyclic amines) is 1. The van der Waals surface area contributed by atoms with E-state index in [0.717, 1.165) is 41.1 Å². The molecule has 0 spiro atoms. The van der Waals surface area contributed by atoms with Crippen molar-refractivity contribution in [3.8, 4) is 0 Å². The number of carbonyl (C=O) groups excluding carboxylic acids is 1. The second-order valence-electron chi connectivity index (χ2n) is 9.86. The Morgan fingerprint density at radius 3 is 2.70 bits per heavy atom. The fourth-order valence-corrected chi connectivity index (χ4v) is 5.21. The van der Waals surface area contributed by atoms with Crippen LogP contribution >= 0.6 is 0 Å². The molecule has 2 unspecified atom stereocenters. The van der Waals surface area contributed by atoms with Crippen LogP contribution in [0.2, 0.25) is 0 Å². The Bertz CT molecular complexity index is 1090. The van der Waals surface area contributed by atoms with Crippen molar-refractivity contribution in [1.29, 1.82) is 0 Å². The highest BCUT2D eigenvalue weighted by Crippen LogP contribution is 2.32. The third kappa shape index (κ3) is 5.06. The number of fused-ring (bicyclic) bond motifs is 1. The molecule has 2 fully saturated rings. The van der Waals surface area contributed by atoms with E-state index < -0.39 is 0 Å². The summed E-state index contributed by atoms with van der Waals surface area (Å²) in [6.45, 7) is 8.70. The number of hydrogen-bond donors (Lipinski definition) is 2. The number of benzene rings is 2. The van der Waals surface area contributed by atoms with Gasteiger partial charge in [0.25, 0.3) is 0 Å². The molecule has 0 amide bonds. The Morgan fingerprint density at radius 1 is 1.15 bits per heavy atom. The van der Waals surface area contributed by atoms with Gasteiger partial charge in [-0.2, -0.15) is 0 Å². The van der Waals surface area contributed by atoms with E-state index in [2.05, 4.69) is 35.1 Å². The van der Waals surface area contributed by atoms with Crippen molar-refractivity contribution < 1.29 is 9.53 Å². The number of aromatic nitrogens is 1. The van der Waals surface area contributed by atoms with Gasteiger partial charge in [0.1, 0.15) is 6.10 Å². The summed E-state index contributed by atoms with van der Waals surface area (Å²) in [6.07, 6.45) is 5.79. The molecule has 5 nitrogen and oxygen atoms in total. The maximum absolute atomic E-state index is 13.5. The molecule has 3 heterocycles. The number of piperidine rings is 1. The van der Waals surface area contributed by atoms with Crippen molar-refractivity contribution >= 4 is 16.7 Å². The number of nitrogens with one attached hydrogen (secondary N) is 2. The number of epoxide rings is 1. The summed E-state index contributed by atoms with van der Waals surface area (Å²) in [6, 6.07) is 16.6. The van der Waals surface area contributed by atoms with Gasteiger partial charge in [-0.3, -0.25) is 4.79 Å². The molecule has 174 valence electrons. The van der Waals surface area contributed by atoms with Gasteiger partial charge in [0, 0.05) is 28.9 Å². The fourth-order valence-electron chi connectivity index (χ4n) is 5.21. The number of aromatic amines is 1. The summed E-state index contributed by atoms with van der Waals surface area (Å²) >= 11 is 0. The van der Waals surface area contributed by atoms with Crippen molar-refractivity contribution in [3.63, 3.8) is 0 Å². The van der Waals surface area contributed by atoms with Gasteiger partial charge in [0.05, 0.1) is 12.6 Å². The van der Waals surface area contributed by atoms with Crippen molar-refractivity contribution in [3.05, 3.63) is 71.4 Å². The van der Waals surface area contributed by atoms with Crippen LogP contribution < -0.4 is 5.32 Å². The zero-order valence-corrected chi connectivity index (χ0v) is 19.7. The predicted molar refractivity (Wildman–Crippen MR) is 133 cm³/mol. The molecule has 1 aromatic heterocycles. The van der Waals surface area contributed by atoms with E-state index in [-0.39, 0.29) is 17.9 Å². The molecule has 5 rings (SSSR count). The maximum Gasteiger partial charge on any atom is 0.193 e. The van der Waals surface area contributed by atoms with Crippen LogP contribution in [0.5, 0.6) is 0 Å². The van der Waals surface area contributed by atoms with Crippen LogP contribution in [-0.2, 0) is 4.74 Å². The molecule has 0 bridgehead atoms. The number of ketones is 1. The van der Waals surface area contributed by atoms with E-state index in [9.17, 15) is 4.79 Å². The summed E-state index contributed by atoms with van der Waals surface area (Å²) in [4.78, 5) is 19.3. The second-order valence-corrected chi connectivity index (χ2v) is 9.86. The van der Waals surface area contributed by atoms with Crippen molar-refractivity contribution in [1.82, 2.24) is 15.2 Å². The van der Waals surface area contributed by atoms with Crippen LogP contribution in [0.15, 0.2) is 54.7 Å². The molecule has 2 saturated heterocycles. The maximum atomic E-state index is 13.5. The molecule has 5 heteroatoms. The first kappa shape index (κ1) is 22.3. The van der Waals surface area contributed by atoms with Gasteiger partial charge in [-0.1, -0.05) is 36.4 Å². The molecule has 2 aliphatic heterocycles. The zero-order valence-electron chi connectivity index (χ0n) is 19.7. The van der Waals surface area contributed by atoms with E-state index in [1.165, 1.54) is 32.4 Å².